The van der Waals surface area contributed by atoms with Gasteiger partial charge in [-0.05, 0) is 103 Å². The van der Waals surface area contributed by atoms with Crippen molar-refractivity contribution in [3.8, 4) is 5.75 Å². The van der Waals surface area contributed by atoms with Gasteiger partial charge in [-0.2, -0.15) is 0 Å². The fourth-order valence-electron chi connectivity index (χ4n) is 4.24. The van der Waals surface area contributed by atoms with E-state index in [2.05, 4.69) is 4.90 Å². The summed E-state index contributed by atoms with van der Waals surface area (Å²) in [5.41, 5.74) is 0.0175. The van der Waals surface area contributed by atoms with E-state index in [-0.39, 0.29) is 11.4 Å². The van der Waals surface area contributed by atoms with Crippen molar-refractivity contribution in [3.63, 3.8) is 0 Å². The Morgan fingerprint density at radius 2 is 1.82 bits per heavy atom. The molecule has 0 bridgehead atoms. The Kier molecular flexibility index (Phi) is 7.72. The lowest BCUT2D eigenvalue weighted by molar-refractivity contribution is 0.0493. The third-order valence-corrected chi connectivity index (χ3v) is 5.99. The Balaban J connectivity index is 1.39. The van der Waals surface area contributed by atoms with Gasteiger partial charge in [0, 0.05) is 0 Å². The van der Waals surface area contributed by atoms with E-state index in [4.69, 9.17) is 9.47 Å². The first kappa shape index (κ1) is 21.1. The summed E-state index contributed by atoms with van der Waals surface area (Å²) in [7, 11) is 0. The number of piperidine rings is 1. The van der Waals surface area contributed by atoms with E-state index in [1.54, 1.807) is 0 Å². The number of esters is 1. The minimum atomic E-state index is -0.428. The molecule has 1 aliphatic carbocycles. The van der Waals surface area contributed by atoms with Gasteiger partial charge in [-0.25, -0.2) is 9.18 Å². The second-order valence-corrected chi connectivity index (χ2v) is 8.50. The van der Waals surface area contributed by atoms with Gasteiger partial charge in [0.05, 0.1) is 12.2 Å². The predicted molar refractivity (Wildman–Crippen MR) is 108 cm³/mol. The molecule has 156 valence electrons. The minimum absolute atomic E-state index is 0.153. The number of unbranched alkanes of at least 4 members (excludes halogenated alkanes) is 2. The molecule has 0 spiro atoms. The van der Waals surface area contributed by atoms with Crippen LogP contribution in [-0.2, 0) is 4.74 Å². The van der Waals surface area contributed by atoms with Gasteiger partial charge < -0.3 is 14.4 Å². The van der Waals surface area contributed by atoms with Crippen molar-refractivity contribution in [1.29, 1.82) is 0 Å². The van der Waals surface area contributed by atoms with Gasteiger partial charge in [0.2, 0.25) is 0 Å². The molecule has 2 aliphatic rings. The van der Waals surface area contributed by atoms with Crippen molar-refractivity contribution < 1.29 is 18.7 Å². The average Bonchev–Trinajstić information content (AvgIpc) is 3.13. The summed E-state index contributed by atoms with van der Waals surface area (Å²) in [4.78, 5) is 14.8. The molecule has 1 heterocycles. The molecule has 1 aliphatic heterocycles. The first-order valence-corrected chi connectivity index (χ1v) is 10.9. The highest BCUT2D eigenvalue weighted by molar-refractivity contribution is 5.89. The number of ether oxygens (including phenoxy) is 2. The molecule has 1 saturated heterocycles. The lowest BCUT2D eigenvalue weighted by Crippen LogP contribution is -2.30. The first-order chi connectivity index (χ1) is 13.6. The molecule has 1 aromatic rings. The molecule has 0 radical (unpaired) electrons. The molecule has 1 saturated carbocycles. The van der Waals surface area contributed by atoms with Gasteiger partial charge in [0.15, 0.2) is 11.6 Å². The van der Waals surface area contributed by atoms with Crippen LogP contribution in [0.4, 0.5) is 4.39 Å². The summed E-state index contributed by atoms with van der Waals surface area (Å²) in [6, 6.07) is 4.25. The maximum absolute atomic E-state index is 14.1. The fourth-order valence-corrected chi connectivity index (χ4v) is 4.24. The Labute approximate surface area is 168 Å². The predicted octanol–water partition coefficient (Wildman–Crippen LogP) is 5.35. The van der Waals surface area contributed by atoms with Crippen LogP contribution in [0.5, 0.6) is 5.75 Å². The van der Waals surface area contributed by atoms with Crippen LogP contribution in [0.2, 0.25) is 0 Å². The largest absolute Gasteiger partial charge is 0.484 e. The number of carbonyl (C=O) groups is 1. The quantitative estimate of drug-likeness (QED) is 0.420. The molecule has 28 heavy (non-hydrogen) atoms. The van der Waals surface area contributed by atoms with Crippen molar-refractivity contribution in [2.24, 2.45) is 0 Å². The van der Waals surface area contributed by atoms with E-state index in [0.29, 0.717) is 12.2 Å². The number of hydrogen-bond acceptors (Lipinski definition) is 4. The number of rotatable bonds is 9. The molecule has 5 heteroatoms. The number of hydrogen-bond donors (Lipinski definition) is 0. The van der Waals surface area contributed by atoms with Gasteiger partial charge in [0.1, 0.15) is 5.60 Å². The molecular weight excluding hydrogens is 357 g/mol. The number of likely N-dealkylation sites (tertiary alicyclic amines) is 1. The Hall–Kier alpha value is -1.62. The Bertz CT molecular complexity index is 637. The number of carbonyl (C=O) groups excluding carboxylic acids is 1. The summed E-state index contributed by atoms with van der Waals surface area (Å²) in [6.45, 7) is 6.01. The molecule has 0 N–H and O–H groups in total. The van der Waals surface area contributed by atoms with Crippen LogP contribution in [0.15, 0.2) is 18.2 Å². The molecule has 4 nitrogen and oxygen atoms in total. The number of nitrogens with zero attached hydrogens (tertiary/aromatic N) is 1. The molecule has 2 fully saturated rings. The highest BCUT2D eigenvalue weighted by Gasteiger charge is 2.31. The van der Waals surface area contributed by atoms with Crippen molar-refractivity contribution in [2.45, 2.75) is 76.7 Å². The third kappa shape index (κ3) is 6.20. The number of halogens is 1. The topological polar surface area (TPSA) is 38.8 Å². The van der Waals surface area contributed by atoms with Gasteiger partial charge >= 0.3 is 5.97 Å². The lowest BCUT2D eigenvalue weighted by Gasteiger charge is -2.26. The van der Waals surface area contributed by atoms with Crippen molar-refractivity contribution in [3.05, 3.63) is 29.6 Å². The zero-order chi connectivity index (χ0) is 19.8. The van der Waals surface area contributed by atoms with Gasteiger partial charge in [-0.15, -0.1) is 0 Å². The highest BCUT2D eigenvalue weighted by atomic mass is 19.1. The molecule has 0 amide bonds. The van der Waals surface area contributed by atoms with Crippen LogP contribution < -0.4 is 4.74 Å². The zero-order valence-corrected chi connectivity index (χ0v) is 17.2. The van der Waals surface area contributed by atoms with E-state index in [9.17, 15) is 9.18 Å². The monoisotopic (exact) mass is 391 g/mol. The lowest BCUT2D eigenvalue weighted by atomic mass is 10.1. The van der Waals surface area contributed by atoms with E-state index in [1.165, 1.54) is 50.6 Å². The summed E-state index contributed by atoms with van der Waals surface area (Å²) in [5.74, 6) is -0.680. The molecule has 0 atom stereocenters. The van der Waals surface area contributed by atoms with Crippen LogP contribution in [0.1, 0.15) is 81.5 Å². The maximum atomic E-state index is 14.1. The van der Waals surface area contributed by atoms with E-state index >= 15 is 0 Å². The standard InChI is InChI=1S/C23H34FNO3/c1-23(12-4-5-13-23)28-21-18-19(10-11-20(21)24)22(26)27-17-9-3-8-16-25-14-6-2-7-15-25/h10-11,18H,2-9,12-17H2,1H3. The van der Waals surface area contributed by atoms with E-state index < -0.39 is 11.8 Å². The van der Waals surface area contributed by atoms with Crippen LogP contribution >= 0.6 is 0 Å². The second kappa shape index (κ2) is 10.2. The van der Waals surface area contributed by atoms with Crippen molar-refractivity contribution >= 4 is 5.97 Å². The zero-order valence-electron chi connectivity index (χ0n) is 17.2. The van der Waals surface area contributed by atoms with Crippen LogP contribution in [0.3, 0.4) is 0 Å². The SMILES string of the molecule is CC1(Oc2cc(C(=O)OCCCCCN3CCCCC3)ccc2F)CCCC1. The molecular formula is C23H34FNO3. The average molecular weight is 392 g/mol. The molecule has 1 aromatic carbocycles. The van der Waals surface area contributed by atoms with E-state index in [0.717, 1.165) is 51.5 Å². The Morgan fingerprint density at radius 3 is 2.57 bits per heavy atom. The Morgan fingerprint density at radius 1 is 1.07 bits per heavy atom. The highest BCUT2D eigenvalue weighted by Crippen LogP contribution is 2.35. The minimum Gasteiger partial charge on any atom is -0.484 e. The summed E-state index contributed by atoms with van der Waals surface area (Å²) < 4.78 is 25.4. The van der Waals surface area contributed by atoms with Gasteiger partial charge in [0.25, 0.3) is 0 Å². The van der Waals surface area contributed by atoms with Crippen molar-refractivity contribution in [2.75, 3.05) is 26.2 Å². The van der Waals surface area contributed by atoms with Crippen LogP contribution in [0.25, 0.3) is 0 Å². The van der Waals surface area contributed by atoms with E-state index in [1.807, 2.05) is 6.92 Å². The second-order valence-electron chi connectivity index (χ2n) is 8.50. The molecule has 0 unspecified atom stereocenters. The maximum Gasteiger partial charge on any atom is 0.338 e. The fraction of sp³-hybridized carbons (Fsp3) is 0.696. The summed E-state index contributed by atoms with van der Waals surface area (Å²) >= 11 is 0. The van der Waals surface area contributed by atoms with Crippen molar-refractivity contribution in [1.82, 2.24) is 4.90 Å². The normalized spacial score (nSPS) is 19.5. The smallest absolute Gasteiger partial charge is 0.338 e. The summed E-state index contributed by atoms with van der Waals surface area (Å²) in [5, 5.41) is 0. The van der Waals surface area contributed by atoms with Crippen LogP contribution in [0, 0.1) is 5.82 Å². The molecule has 3 rings (SSSR count). The van der Waals surface area contributed by atoms with Gasteiger partial charge in [-0.1, -0.05) is 6.42 Å². The van der Waals surface area contributed by atoms with Gasteiger partial charge in [-0.3, -0.25) is 0 Å². The summed E-state index contributed by atoms with van der Waals surface area (Å²) in [6.07, 6.45) is 11.1. The first-order valence-electron chi connectivity index (χ1n) is 10.9. The van der Waals surface area contributed by atoms with Crippen LogP contribution in [-0.4, -0.2) is 42.7 Å². The number of benzene rings is 1. The molecule has 0 aromatic heterocycles. The third-order valence-electron chi connectivity index (χ3n) is 5.99.